The lowest BCUT2D eigenvalue weighted by Crippen LogP contribution is -2.28. The van der Waals surface area contributed by atoms with Crippen molar-refractivity contribution in [3.05, 3.63) is 12.2 Å². The third kappa shape index (κ3) is 1.81. The molecule has 0 fully saturated rings. The number of carbonyl (C=O) groups is 2. The summed E-state index contributed by atoms with van der Waals surface area (Å²) in [4.78, 5) is 22.3. The van der Waals surface area contributed by atoms with Gasteiger partial charge in [-0.05, 0) is 26.7 Å². The molecular weight excluding hydrogens is 152 g/mol. The first-order valence-corrected chi connectivity index (χ1v) is 4.29. The largest absolute Gasteiger partial charge is 0.300 e. The van der Waals surface area contributed by atoms with Crippen LogP contribution >= 0.6 is 0 Å². The number of Topliss-reactive ketones (excluding diaryl/α,β-unsaturated/α-hetero) is 2. The molecule has 66 valence electrons. The van der Waals surface area contributed by atoms with E-state index in [0.717, 1.165) is 12.8 Å². The van der Waals surface area contributed by atoms with Crippen LogP contribution in [0.25, 0.3) is 0 Å². The maximum atomic E-state index is 11.1. The van der Waals surface area contributed by atoms with Crippen LogP contribution in [0.1, 0.15) is 26.7 Å². The van der Waals surface area contributed by atoms with Gasteiger partial charge in [-0.15, -0.1) is 0 Å². The third-order valence-corrected chi connectivity index (χ3v) is 2.48. The van der Waals surface area contributed by atoms with Gasteiger partial charge in [0, 0.05) is 11.8 Å². The molecule has 12 heavy (non-hydrogen) atoms. The van der Waals surface area contributed by atoms with E-state index in [0.29, 0.717) is 0 Å². The van der Waals surface area contributed by atoms with E-state index in [4.69, 9.17) is 0 Å². The van der Waals surface area contributed by atoms with Crippen molar-refractivity contribution in [2.24, 2.45) is 11.8 Å². The van der Waals surface area contributed by atoms with Gasteiger partial charge in [0.15, 0.2) is 0 Å². The molecule has 0 heterocycles. The molecule has 1 aliphatic carbocycles. The van der Waals surface area contributed by atoms with Crippen LogP contribution in [-0.4, -0.2) is 11.6 Å². The van der Waals surface area contributed by atoms with Crippen LogP contribution in [0, 0.1) is 11.8 Å². The van der Waals surface area contributed by atoms with E-state index >= 15 is 0 Å². The number of allylic oxidation sites excluding steroid dienone is 2. The Morgan fingerprint density at radius 2 is 1.33 bits per heavy atom. The second-order valence-electron chi connectivity index (χ2n) is 3.38. The Bertz CT molecular complexity index is 204. The van der Waals surface area contributed by atoms with Crippen LogP contribution in [0.4, 0.5) is 0 Å². The highest BCUT2D eigenvalue weighted by Gasteiger charge is 2.29. The first kappa shape index (κ1) is 9.17. The summed E-state index contributed by atoms with van der Waals surface area (Å²) in [6.45, 7) is 3.14. The minimum atomic E-state index is -0.0625. The van der Waals surface area contributed by atoms with Gasteiger partial charge in [0.25, 0.3) is 0 Å². The molecule has 0 aromatic carbocycles. The highest BCUT2D eigenvalue weighted by Crippen LogP contribution is 2.26. The number of ketones is 2. The molecule has 0 amide bonds. The molecule has 0 spiro atoms. The highest BCUT2D eigenvalue weighted by molar-refractivity contribution is 5.88. The van der Waals surface area contributed by atoms with Crippen LogP contribution in [0.5, 0.6) is 0 Å². The van der Waals surface area contributed by atoms with Gasteiger partial charge in [0.05, 0.1) is 0 Å². The SMILES string of the molecule is CC(=O)[C@H]1CC=CC[C@@H]1C(C)=O. The Morgan fingerprint density at radius 3 is 1.58 bits per heavy atom. The standard InChI is InChI=1S/C10H14O2/c1-7(11)9-5-3-4-6-10(9)8(2)12/h3-4,9-10H,5-6H2,1-2H3/t9-,10-/m1/s1. The monoisotopic (exact) mass is 166 g/mol. The normalized spacial score (nSPS) is 28.5. The summed E-state index contributed by atoms with van der Waals surface area (Å²) in [5, 5.41) is 0. The van der Waals surface area contributed by atoms with Crippen LogP contribution in [0.15, 0.2) is 12.2 Å². The molecule has 1 rings (SSSR count). The van der Waals surface area contributed by atoms with Crippen molar-refractivity contribution in [1.82, 2.24) is 0 Å². The van der Waals surface area contributed by atoms with E-state index in [9.17, 15) is 9.59 Å². The molecule has 0 aromatic heterocycles. The van der Waals surface area contributed by atoms with Crippen LogP contribution in [-0.2, 0) is 9.59 Å². The Hall–Kier alpha value is -0.920. The summed E-state index contributed by atoms with van der Waals surface area (Å²) in [5.74, 6) is 0.152. The van der Waals surface area contributed by atoms with E-state index < -0.39 is 0 Å². The zero-order valence-corrected chi connectivity index (χ0v) is 7.54. The van der Waals surface area contributed by atoms with Crippen molar-refractivity contribution < 1.29 is 9.59 Å². The van der Waals surface area contributed by atoms with Gasteiger partial charge in [0.2, 0.25) is 0 Å². The molecule has 0 radical (unpaired) electrons. The summed E-state index contributed by atoms with van der Waals surface area (Å²) in [6.07, 6.45) is 5.45. The van der Waals surface area contributed by atoms with E-state index in [1.807, 2.05) is 12.2 Å². The molecule has 0 aliphatic heterocycles. The van der Waals surface area contributed by atoms with Gasteiger partial charge >= 0.3 is 0 Å². The molecular formula is C10H14O2. The second-order valence-corrected chi connectivity index (χ2v) is 3.38. The lowest BCUT2D eigenvalue weighted by Gasteiger charge is -2.23. The van der Waals surface area contributed by atoms with Gasteiger partial charge in [-0.2, -0.15) is 0 Å². The maximum Gasteiger partial charge on any atom is 0.133 e. The molecule has 0 N–H and O–H groups in total. The first-order chi connectivity index (χ1) is 5.63. The van der Waals surface area contributed by atoms with Crippen molar-refractivity contribution in [2.75, 3.05) is 0 Å². The van der Waals surface area contributed by atoms with Crippen molar-refractivity contribution >= 4 is 11.6 Å². The fourth-order valence-electron chi connectivity index (χ4n) is 1.71. The minimum absolute atomic E-state index is 0.0625. The van der Waals surface area contributed by atoms with Crippen molar-refractivity contribution in [1.29, 1.82) is 0 Å². The van der Waals surface area contributed by atoms with Gasteiger partial charge in [0.1, 0.15) is 11.6 Å². The van der Waals surface area contributed by atoms with Gasteiger partial charge in [-0.25, -0.2) is 0 Å². The summed E-state index contributed by atoms with van der Waals surface area (Å²) in [5.41, 5.74) is 0. The number of hydrogen-bond acceptors (Lipinski definition) is 2. The lowest BCUT2D eigenvalue weighted by molar-refractivity contribution is -0.130. The fourth-order valence-corrected chi connectivity index (χ4v) is 1.71. The van der Waals surface area contributed by atoms with Crippen molar-refractivity contribution in [3.8, 4) is 0 Å². The summed E-state index contributed by atoms with van der Waals surface area (Å²) in [6, 6.07) is 0. The Balaban J connectivity index is 2.76. The zero-order chi connectivity index (χ0) is 9.14. The molecule has 2 nitrogen and oxygen atoms in total. The highest BCUT2D eigenvalue weighted by atomic mass is 16.1. The molecule has 2 atom stereocenters. The Morgan fingerprint density at radius 1 is 1.00 bits per heavy atom. The smallest absolute Gasteiger partial charge is 0.133 e. The number of rotatable bonds is 2. The molecule has 2 heteroatoms. The second kappa shape index (κ2) is 3.65. The Kier molecular flexibility index (Phi) is 2.79. The summed E-state index contributed by atoms with van der Waals surface area (Å²) in [7, 11) is 0. The lowest BCUT2D eigenvalue weighted by atomic mass is 9.79. The van der Waals surface area contributed by atoms with E-state index in [2.05, 4.69) is 0 Å². The zero-order valence-electron chi connectivity index (χ0n) is 7.54. The summed E-state index contributed by atoms with van der Waals surface area (Å²) >= 11 is 0. The van der Waals surface area contributed by atoms with E-state index in [-0.39, 0.29) is 23.4 Å². The average molecular weight is 166 g/mol. The topological polar surface area (TPSA) is 34.1 Å². The molecule has 0 bridgehead atoms. The Labute approximate surface area is 72.7 Å². The first-order valence-electron chi connectivity index (χ1n) is 4.29. The quantitative estimate of drug-likeness (QED) is 0.585. The predicted molar refractivity (Wildman–Crippen MR) is 46.7 cm³/mol. The maximum absolute atomic E-state index is 11.1. The predicted octanol–water partition coefficient (Wildman–Crippen LogP) is 1.75. The molecule has 0 unspecified atom stereocenters. The minimum Gasteiger partial charge on any atom is -0.300 e. The molecule has 0 saturated heterocycles. The average Bonchev–Trinajstić information content (AvgIpc) is 2.04. The molecule has 0 aromatic rings. The fraction of sp³-hybridized carbons (Fsp3) is 0.600. The molecule has 0 saturated carbocycles. The van der Waals surface area contributed by atoms with E-state index in [1.165, 1.54) is 0 Å². The van der Waals surface area contributed by atoms with Crippen LogP contribution < -0.4 is 0 Å². The summed E-state index contributed by atoms with van der Waals surface area (Å²) < 4.78 is 0. The van der Waals surface area contributed by atoms with Gasteiger partial charge in [-0.3, -0.25) is 9.59 Å². The van der Waals surface area contributed by atoms with Crippen LogP contribution in [0.3, 0.4) is 0 Å². The van der Waals surface area contributed by atoms with Gasteiger partial charge in [-0.1, -0.05) is 12.2 Å². The van der Waals surface area contributed by atoms with Crippen LogP contribution in [0.2, 0.25) is 0 Å². The van der Waals surface area contributed by atoms with Gasteiger partial charge < -0.3 is 0 Å². The molecule has 1 aliphatic rings. The van der Waals surface area contributed by atoms with E-state index in [1.54, 1.807) is 13.8 Å². The third-order valence-electron chi connectivity index (χ3n) is 2.48. The van der Waals surface area contributed by atoms with Crippen molar-refractivity contribution in [3.63, 3.8) is 0 Å². The number of hydrogen-bond donors (Lipinski definition) is 0. The van der Waals surface area contributed by atoms with Crippen molar-refractivity contribution in [2.45, 2.75) is 26.7 Å². The number of carbonyl (C=O) groups excluding carboxylic acids is 2.